The Hall–Kier alpha value is -2.45. The van der Waals surface area contributed by atoms with E-state index in [1.165, 1.54) is 19.8 Å². The van der Waals surface area contributed by atoms with E-state index in [2.05, 4.69) is 35.2 Å². The van der Waals surface area contributed by atoms with Crippen LogP contribution in [0.5, 0.6) is 0 Å². The number of carbonyl (C=O) groups is 1. The zero-order valence-corrected chi connectivity index (χ0v) is 18.2. The van der Waals surface area contributed by atoms with Gasteiger partial charge in [0.05, 0.1) is 22.9 Å². The van der Waals surface area contributed by atoms with Gasteiger partial charge in [0.2, 0.25) is 5.95 Å². The number of carbonyl (C=O) groups excluding carboxylic acids is 1. The Morgan fingerprint density at radius 1 is 1.34 bits per heavy atom. The highest BCUT2D eigenvalue weighted by Gasteiger charge is 2.30. The molecule has 152 valence electrons. The summed E-state index contributed by atoms with van der Waals surface area (Å²) in [5, 5.41) is 13.2. The van der Waals surface area contributed by atoms with Crippen LogP contribution in [0.15, 0.2) is 18.3 Å². The summed E-state index contributed by atoms with van der Waals surface area (Å²) in [6, 6.07) is 5.94. The van der Waals surface area contributed by atoms with Gasteiger partial charge in [-0.1, -0.05) is 32.4 Å². The van der Waals surface area contributed by atoms with Crippen LogP contribution in [0.25, 0.3) is 0 Å². The van der Waals surface area contributed by atoms with E-state index in [4.69, 9.17) is 11.6 Å². The number of rotatable bonds is 4. The summed E-state index contributed by atoms with van der Waals surface area (Å²) in [6.07, 6.45) is 6.65. The van der Waals surface area contributed by atoms with Crippen molar-refractivity contribution in [1.29, 1.82) is 5.26 Å². The number of Topliss-reactive ketones (excluding diaryl/α,β-unsaturated/α-hetero) is 1. The number of benzene rings is 1. The molecule has 2 aliphatic rings. The van der Waals surface area contributed by atoms with Crippen molar-refractivity contribution < 1.29 is 4.79 Å². The average Bonchev–Trinajstić information content (AvgIpc) is 3.22. The molecule has 1 atom stereocenters. The molecule has 0 saturated heterocycles. The lowest BCUT2D eigenvalue weighted by molar-refractivity contribution is 0.101. The summed E-state index contributed by atoms with van der Waals surface area (Å²) in [4.78, 5) is 20.3. The zero-order chi connectivity index (χ0) is 21.2. The van der Waals surface area contributed by atoms with Crippen LogP contribution in [0.4, 0.5) is 5.95 Å². The Morgan fingerprint density at radius 2 is 2.03 bits per heavy atom. The molecule has 1 aromatic heterocycles. The fourth-order valence-electron chi connectivity index (χ4n) is 3.39. The fourth-order valence-corrected chi connectivity index (χ4v) is 3.63. The number of nitriles is 1. The Balaban J connectivity index is 0.000000419. The molecule has 0 radical (unpaired) electrons. The number of anilines is 1. The molecule has 2 aliphatic carbocycles. The Labute approximate surface area is 177 Å². The number of hydrogen-bond donors (Lipinski definition) is 1. The molecule has 4 rings (SSSR count). The molecule has 1 heterocycles. The van der Waals surface area contributed by atoms with Crippen LogP contribution >= 0.6 is 11.6 Å². The summed E-state index contributed by atoms with van der Waals surface area (Å²) in [5.41, 5.74) is 4.82. The van der Waals surface area contributed by atoms with E-state index >= 15 is 0 Å². The summed E-state index contributed by atoms with van der Waals surface area (Å²) in [6.45, 7) is 8.08. The molecule has 1 unspecified atom stereocenters. The molecular formula is C23H27ClN4O. The molecule has 1 aromatic carbocycles. The number of halogens is 1. The average molecular weight is 411 g/mol. The molecule has 0 aliphatic heterocycles. The predicted molar refractivity (Wildman–Crippen MR) is 115 cm³/mol. The third kappa shape index (κ3) is 5.33. The largest absolute Gasteiger partial charge is 0.351 e. The van der Waals surface area contributed by atoms with Crippen LogP contribution in [0.1, 0.15) is 73.3 Å². The molecule has 29 heavy (non-hydrogen) atoms. The minimum Gasteiger partial charge on any atom is -0.351 e. The number of ketones is 1. The summed E-state index contributed by atoms with van der Waals surface area (Å²) in [5.74, 6) is 0.485. The second kappa shape index (κ2) is 8.51. The van der Waals surface area contributed by atoms with Gasteiger partial charge in [0, 0.05) is 17.3 Å². The van der Waals surface area contributed by atoms with Crippen molar-refractivity contribution in [1.82, 2.24) is 9.97 Å². The van der Waals surface area contributed by atoms with E-state index in [9.17, 15) is 10.1 Å². The predicted octanol–water partition coefficient (Wildman–Crippen LogP) is 5.15. The second-order valence-corrected chi connectivity index (χ2v) is 9.02. The van der Waals surface area contributed by atoms with Crippen molar-refractivity contribution in [2.24, 2.45) is 5.41 Å². The van der Waals surface area contributed by atoms with Crippen molar-refractivity contribution in [3.63, 3.8) is 0 Å². The Bertz CT molecular complexity index is 972. The van der Waals surface area contributed by atoms with Gasteiger partial charge in [-0.25, -0.2) is 9.97 Å². The highest BCUT2D eigenvalue weighted by atomic mass is 35.5. The quantitative estimate of drug-likeness (QED) is 0.705. The molecule has 0 spiro atoms. The lowest BCUT2D eigenvalue weighted by Gasteiger charge is -2.13. The van der Waals surface area contributed by atoms with E-state index in [0.717, 1.165) is 35.1 Å². The lowest BCUT2D eigenvalue weighted by atomic mass is 10.0. The maximum Gasteiger partial charge on any atom is 0.223 e. The molecule has 5 nitrogen and oxygen atoms in total. The first-order chi connectivity index (χ1) is 13.7. The van der Waals surface area contributed by atoms with Crippen LogP contribution in [-0.2, 0) is 19.3 Å². The number of fused-ring (bicyclic) bond motifs is 1. The summed E-state index contributed by atoms with van der Waals surface area (Å²) >= 11 is 6.07. The Morgan fingerprint density at radius 3 is 2.59 bits per heavy atom. The normalized spacial score (nSPS) is 18.1. The van der Waals surface area contributed by atoms with E-state index in [1.807, 2.05) is 13.0 Å². The molecule has 0 bridgehead atoms. The van der Waals surface area contributed by atoms with Gasteiger partial charge in [0.1, 0.15) is 0 Å². The molecular weight excluding hydrogens is 384 g/mol. The van der Waals surface area contributed by atoms with Crippen LogP contribution < -0.4 is 5.32 Å². The maximum absolute atomic E-state index is 11.6. The SMILES string of the molecule is CC1(C)CC1.CCc1nc(NC2Cc3cc(Cl)cc(C#N)c3C2)ncc1C(C)=O. The highest BCUT2D eigenvalue weighted by molar-refractivity contribution is 6.30. The lowest BCUT2D eigenvalue weighted by Crippen LogP contribution is -2.22. The minimum atomic E-state index is -0.0278. The molecule has 1 fully saturated rings. The van der Waals surface area contributed by atoms with Crippen LogP contribution in [0.2, 0.25) is 5.02 Å². The second-order valence-electron chi connectivity index (χ2n) is 8.58. The topological polar surface area (TPSA) is 78.7 Å². The molecule has 6 heteroatoms. The van der Waals surface area contributed by atoms with Gasteiger partial charge in [-0.05, 0) is 67.7 Å². The molecule has 0 amide bonds. The summed E-state index contributed by atoms with van der Waals surface area (Å²) in [7, 11) is 0. The molecule has 1 saturated carbocycles. The number of hydrogen-bond acceptors (Lipinski definition) is 5. The van der Waals surface area contributed by atoms with Crippen molar-refractivity contribution in [2.45, 2.75) is 65.8 Å². The van der Waals surface area contributed by atoms with Crippen molar-refractivity contribution in [3.05, 3.63) is 51.3 Å². The van der Waals surface area contributed by atoms with Crippen molar-refractivity contribution >= 4 is 23.3 Å². The van der Waals surface area contributed by atoms with Gasteiger partial charge in [-0.3, -0.25) is 4.79 Å². The molecule has 2 aromatic rings. The number of nitrogens with zero attached hydrogens (tertiary/aromatic N) is 3. The monoisotopic (exact) mass is 410 g/mol. The smallest absolute Gasteiger partial charge is 0.223 e. The van der Waals surface area contributed by atoms with E-state index in [-0.39, 0.29) is 11.8 Å². The number of aromatic nitrogens is 2. The summed E-state index contributed by atoms with van der Waals surface area (Å²) < 4.78 is 0. The standard InChI is InChI=1S/C18H17ClN4O.C5H10/c1-3-17-16(10(2)24)9-21-18(23-17)22-14-6-11-4-13(19)5-12(8-20)15(11)7-14;1-5(2)3-4-5/h4-5,9,14H,3,6-7H2,1-2H3,(H,21,22,23);3-4H2,1-2H3. The first-order valence-electron chi connectivity index (χ1n) is 10.1. The third-order valence-corrected chi connectivity index (χ3v) is 5.73. The van der Waals surface area contributed by atoms with Gasteiger partial charge in [0.25, 0.3) is 0 Å². The first-order valence-corrected chi connectivity index (χ1v) is 10.4. The van der Waals surface area contributed by atoms with Crippen LogP contribution in [0.3, 0.4) is 0 Å². The van der Waals surface area contributed by atoms with Crippen molar-refractivity contribution in [3.8, 4) is 6.07 Å². The number of nitrogens with one attached hydrogen (secondary N) is 1. The fraction of sp³-hybridized carbons (Fsp3) is 0.478. The van der Waals surface area contributed by atoms with Gasteiger partial charge < -0.3 is 5.32 Å². The van der Waals surface area contributed by atoms with E-state index < -0.39 is 0 Å². The Kier molecular flexibility index (Phi) is 6.24. The zero-order valence-electron chi connectivity index (χ0n) is 17.5. The van der Waals surface area contributed by atoms with Crippen LogP contribution in [0, 0.1) is 16.7 Å². The van der Waals surface area contributed by atoms with Crippen LogP contribution in [-0.4, -0.2) is 21.8 Å². The van der Waals surface area contributed by atoms with Gasteiger partial charge >= 0.3 is 0 Å². The van der Waals surface area contributed by atoms with Gasteiger partial charge in [0.15, 0.2) is 5.78 Å². The van der Waals surface area contributed by atoms with E-state index in [0.29, 0.717) is 28.5 Å². The highest BCUT2D eigenvalue weighted by Crippen LogP contribution is 2.43. The maximum atomic E-state index is 11.6. The minimum absolute atomic E-state index is 0.0278. The first kappa shape index (κ1) is 21.3. The molecule has 1 N–H and O–H groups in total. The number of aryl methyl sites for hydroxylation is 1. The van der Waals surface area contributed by atoms with Crippen molar-refractivity contribution in [2.75, 3.05) is 5.32 Å². The van der Waals surface area contributed by atoms with E-state index in [1.54, 1.807) is 12.3 Å². The van der Waals surface area contributed by atoms with Gasteiger partial charge in [-0.2, -0.15) is 5.26 Å². The third-order valence-electron chi connectivity index (χ3n) is 5.51. The van der Waals surface area contributed by atoms with Gasteiger partial charge in [-0.15, -0.1) is 0 Å².